The smallest absolute Gasteiger partial charge is 0.246 e. The van der Waals surface area contributed by atoms with Gasteiger partial charge >= 0.3 is 0 Å². The summed E-state index contributed by atoms with van der Waals surface area (Å²) in [5, 5.41) is 6.38. The lowest BCUT2D eigenvalue weighted by molar-refractivity contribution is 0.600. The maximum absolute atomic E-state index is 12.8. The first-order valence-electron chi connectivity index (χ1n) is 8.76. The van der Waals surface area contributed by atoms with Gasteiger partial charge < -0.3 is 0 Å². The molecule has 0 aliphatic rings. The molecule has 2 aromatic carbocycles. The minimum atomic E-state index is -3.76. The van der Waals surface area contributed by atoms with Crippen LogP contribution in [0.1, 0.15) is 22.3 Å². The molecule has 0 aliphatic carbocycles. The third kappa shape index (κ3) is 3.29. The van der Waals surface area contributed by atoms with Gasteiger partial charge in [0.2, 0.25) is 4.96 Å². The zero-order chi connectivity index (χ0) is 20.1. The van der Waals surface area contributed by atoms with Crippen LogP contribution in [-0.2, 0) is 10.0 Å². The summed E-state index contributed by atoms with van der Waals surface area (Å²) in [6.07, 6.45) is 0. The molecular formula is C20H20N4O2S2. The Balaban J connectivity index is 1.72. The van der Waals surface area contributed by atoms with Gasteiger partial charge in [-0.05, 0) is 44.9 Å². The fourth-order valence-electron chi connectivity index (χ4n) is 3.29. The van der Waals surface area contributed by atoms with E-state index in [1.807, 2.05) is 37.4 Å². The van der Waals surface area contributed by atoms with E-state index in [4.69, 9.17) is 0 Å². The van der Waals surface area contributed by atoms with Crippen LogP contribution in [0.25, 0.3) is 16.2 Å². The maximum atomic E-state index is 12.8. The van der Waals surface area contributed by atoms with E-state index in [1.165, 1.54) is 16.9 Å². The Morgan fingerprint density at radius 2 is 1.64 bits per heavy atom. The number of aryl methyl sites for hydroxylation is 4. The molecule has 0 atom stereocenters. The van der Waals surface area contributed by atoms with Crippen LogP contribution in [-0.4, -0.2) is 23.0 Å². The van der Waals surface area contributed by atoms with Crippen molar-refractivity contribution >= 4 is 32.3 Å². The van der Waals surface area contributed by atoms with Gasteiger partial charge in [-0.2, -0.15) is 4.98 Å². The maximum Gasteiger partial charge on any atom is 0.264 e. The van der Waals surface area contributed by atoms with Crippen LogP contribution in [0.3, 0.4) is 0 Å². The molecule has 0 saturated heterocycles. The van der Waals surface area contributed by atoms with Gasteiger partial charge in [-0.1, -0.05) is 41.5 Å². The predicted octanol–water partition coefficient (Wildman–Crippen LogP) is 4.49. The van der Waals surface area contributed by atoms with Crippen molar-refractivity contribution in [3.8, 4) is 11.3 Å². The Kier molecular flexibility index (Phi) is 4.47. The number of sulfonamides is 1. The molecule has 0 bridgehead atoms. The Morgan fingerprint density at radius 3 is 2.32 bits per heavy atom. The van der Waals surface area contributed by atoms with Crippen molar-refractivity contribution in [3.05, 3.63) is 64.0 Å². The van der Waals surface area contributed by atoms with E-state index in [-0.39, 0.29) is 10.8 Å². The van der Waals surface area contributed by atoms with Crippen LogP contribution in [0.2, 0.25) is 0 Å². The number of nitrogens with one attached hydrogen (secondary N) is 1. The van der Waals surface area contributed by atoms with Gasteiger partial charge in [0.15, 0.2) is 0 Å². The zero-order valence-electron chi connectivity index (χ0n) is 16.0. The van der Waals surface area contributed by atoms with E-state index in [2.05, 4.69) is 27.8 Å². The van der Waals surface area contributed by atoms with E-state index >= 15 is 0 Å². The lowest BCUT2D eigenvalue weighted by atomic mass is 10.0. The number of hydrogen-bond acceptors (Lipinski definition) is 5. The quantitative estimate of drug-likeness (QED) is 0.536. The predicted molar refractivity (Wildman–Crippen MR) is 112 cm³/mol. The van der Waals surface area contributed by atoms with Crippen LogP contribution in [0, 0.1) is 27.7 Å². The van der Waals surface area contributed by atoms with Crippen LogP contribution in [0.5, 0.6) is 0 Å². The van der Waals surface area contributed by atoms with Gasteiger partial charge in [0, 0.05) is 10.9 Å². The number of anilines is 1. The van der Waals surface area contributed by atoms with Crippen molar-refractivity contribution in [1.82, 2.24) is 14.6 Å². The lowest BCUT2D eigenvalue weighted by Gasteiger charge is -2.08. The summed E-state index contributed by atoms with van der Waals surface area (Å²) in [5.41, 5.74) is 5.95. The first kappa shape index (κ1) is 18.6. The second-order valence-electron chi connectivity index (χ2n) is 6.94. The Labute approximate surface area is 167 Å². The highest BCUT2D eigenvalue weighted by atomic mass is 32.2. The van der Waals surface area contributed by atoms with Crippen molar-refractivity contribution in [1.29, 1.82) is 0 Å². The average molecular weight is 413 g/mol. The fraction of sp³-hybridized carbons (Fsp3) is 0.200. The van der Waals surface area contributed by atoms with Gasteiger partial charge in [0.1, 0.15) is 0 Å². The minimum Gasteiger partial charge on any atom is -0.246 e. The highest BCUT2D eigenvalue weighted by Crippen LogP contribution is 2.29. The fourth-order valence-corrected chi connectivity index (χ4v) is 5.28. The summed E-state index contributed by atoms with van der Waals surface area (Å²) in [5.74, 6) is 0.0674. The van der Waals surface area contributed by atoms with E-state index in [0.29, 0.717) is 10.5 Å². The Hall–Kier alpha value is -2.71. The molecule has 0 fully saturated rings. The second kappa shape index (κ2) is 6.72. The molecule has 0 unspecified atom stereocenters. The largest absolute Gasteiger partial charge is 0.264 e. The monoisotopic (exact) mass is 412 g/mol. The number of thiazole rings is 1. The van der Waals surface area contributed by atoms with Crippen molar-refractivity contribution in [2.45, 2.75) is 32.6 Å². The van der Waals surface area contributed by atoms with Gasteiger partial charge in [0.05, 0.1) is 10.6 Å². The van der Waals surface area contributed by atoms with Crippen molar-refractivity contribution in [3.63, 3.8) is 0 Å². The van der Waals surface area contributed by atoms with Gasteiger partial charge in [-0.25, -0.2) is 17.7 Å². The molecular weight excluding hydrogens is 392 g/mol. The average Bonchev–Trinajstić information content (AvgIpc) is 3.14. The van der Waals surface area contributed by atoms with Crippen LogP contribution < -0.4 is 4.72 Å². The summed E-state index contributed by atoms with van der Waals surface area (Å²) >= 11 is 1.42. The minimum absolute atomic E-state index is 0.0674. The normalized spacial score (nSPS) is 11.9. The number of hydrogen-bond donors (Lipinski definition) is 1. The Bertz CT molecular complexity index is 1300. The van der Waals surface area contributed by atoms with Crippen molar-refractivity contribution in [2.75, 3.05) is 4.72 Å². The highest BCUT2D eigenvalue weighted by molar-refractivity contribution is 7.92. The molecule has 0 spiro atoms. The molecule has 0 radical (unpaired) electrons. The number of benzene rings is 2. The SMILES string of the molecule is Cc1ccc(-c2csc3nc(NS(=O)(=O)c4ccc(C)cc4C)nn23)c(C)c1. The summed E-state index contributed by atoms with van der Waals surface area (Å²) < 4.78 is 29.8. The first-order chi connectivity index (χ1) is 13.2. The topological polar surface area (TPSA) is 76.4 Å². The van der Waals surface area contributed by atoms with Gasteiger partial charge in [-0.3, -0.25) is 0 Å². The molecule has 1 N–H and O–H groups in total. The summed E-state index contributed by atoms with van der Waals surface area (Å²) in [4.78, 5) is 5.20. The molecule has 2 heterocycles. The highest BCUT2D eigenvalue weighted by Gasteiger charge is 2.20. The molecule has 6 nitrogen and oxygen atoms in total. The van der Waals surface area contributed by atoms with E-state index in [0.717, 1.165) is 22.4 Å². The summed E-state index contributed by atoms with van der Waals surface area (Å²) in [7, 11) is -3.76. The van der Waals surface area contributed by atoms with E-state index < -0.39 is 10.0 Å². The number of aromatic nitrogens is 3. The van der Waals surface area contributed by atoms with E-state index in [9.17, 15) is 8.42 Å². The summed E-state index contributed by atoms with van der Waals surface area (Å²) in [6, 6.07) is 11.4. The van der Waals surface area contributed by atoms with Crippen molar-refractivity contribution in [2.24, 2.45) is 0 Å². The first-order valence-corrected chi connectivity index (χ1v) is 11.1. The zero-order valence-corrected chi connectivity index (χ0v) is 17.6. The van der Waals surface area contributed by atoms with Gasteiger partial charge in [0.25, 0.3) is 16.0 Å². The third-order valence-corrected chi connectivity index (χ3v) is 6.89. The lowest BCUT2D eigenvalue weighted by Crippen LogP contribution is -2.15. The molecule has 4 rings (SSSR count). The van der Waals surface area contributed by atoms with Crippen molar-refractivity contribution < 1.29 is 8.42 Å². The molecule has 0 amide bonds. The Morgan fingerprint density at radius 1 is 0.964 bits per heavy atom. The number of fused-ring (bicyclic) bond motifs is 1. The molecule has 28 heavy (non-hydrogen) atoms. The van der Waals surface area contributed by atoms with Crippen LogP contribution in [0.15, 0.2) is 46.7 Å². The molecule has 0 aliphatic heterocycles. The number of rotatable bonds is 4. The standard InChI is InChI=1S/C20H20N4O2S2/c1-12-5-7-16(14(3)9-12)17-11-27-20-21-19(22-24(17)20)23-28(25,26)18-8-6-13(2)10-15(18)4/h5-11H,1-4H3,(H,22,23). The number of nitrogens with zero attached hydrogens (tertiary/aromatic N) is 3. The van der Waals surface area contributed by atoms with E-state index in [1.54, 1.807) is 23.6 Å². The third-order valence-electron chi connectivity index (χ3n) is 4.59. The molecule has 2 aromatic heterocycles. The van der Waals surface area contributed by atoms with Crippen LogP contribution >= 0.6 is 11.3 Å². The molecule has 0 saturated carbocycles. The van der Waals surface area contributed by atoms with Gasteiger partial charge in [-0.15, -0.1) is 16.4 Å². The molecule has 144 valence electrons. The van der Waals surface area contributed by atoms with Crippen LogP contribution in [0.4, 0.5) is 5.95 Å². The molecule has 4 aromatic rings. The summed E-state index contributed by atoms with van der Waals surface area (Å²) in [6.45, 7) is 7.80. The second-order valence-corrected chi connectivity index (χ2v) is 9.43. The molecule has 8 heteroatoms.